The van der Waals surface area contributed by atoms with Gasteiger partial charge in [0.05, 0.1) is 19.6 Å². The van der Waals surface area contributed by atoms with Crippen molar-refractivity contribution in [1.29, 1.82) is 0 Å². The van der Waals surface area contributed by atoms with E-state index in [1.165, 1.54) is 12.5 Å². The summed E-state index contributed by atoms with van der Waals surface area (Å²) in [5, 5.41) is 0.00796. The molecule has 2 N–H and O–H groups in total. The van der Waals surface area contributed by atoms with Crippen LogP contribution in [0.3, 0.4) is 0 Å². The second-order valence-electron chi connectivity index (χ2n) is 7.16. The van der Waals surface area contributed by atoms with Crippen molar-refractivity contribution in [3.8, 4) is 5.75 Å². The Morgan fingerprint density at radius 3 is 2.70 bits per heavy atom. The first-order valence-corrected chi connectivity index (χ1v) is 10.9. The monoisotopic (exact) mass is 426 g/mol. The lowest BCUT2D eigenvalue weighted by molar-refractivity contribution is 0.0981. The maximum atomic E-state index is 13.2. The van der Waals surface area contributed by atoms with E-state index in [2.05, 4.69) is 14.7 Å². The molecule has 0 bridgehead atoms. The number of sulfonamides is 1. The molecule has 0 saturated heterocycles. The fourth-order valence-corrected chi connectivity index (χ4v) is 4.51. The van der Waals surface area contributed by atoms with Crippen molar-refractivity contribution in [2.75, 3.05) is 12.0 Å². The van der Waals surface area contributed by atoms with Gasteiger partial charge >= 0.3 is 0 Å². The minimum absolute atomic E-state index is 0.00605. The van der Waals surface area contributed by atoms with Gasteiger partial charge in [-0.15, -0.1) is 0 Å². The Morgan fingerprint density at radius 1 is 1.27 bits per heavy atom. The van der Waals surface area contributed by atoms with Crippen molar-refractivity contribution in [2.24, 2.45) is 0 Å². The summed E-state index contributed by atoms with van der Waals surface area (Å²) in [6.45, 7) is 2.11. The number of hydrogen-bond donors (Lipinski definition) is 2. The topological polar surface area (TPSA) is 104 Å². The Labute approximate surface area is 175 Å². The largest absolute Gasteiger partial charge is 0.497 e. The predicted octanol–water partition coefficient (Wildman–Crippen LogP) is 2.49. The van der Waals surface area contributed by atoms with Gasteiger partial charge < -0.3 is 14.6 Å². The maximum absolute atomic E-state index is 13.2. The summed E-state index contributed by atoms with van der Waals surface area (Å²) in [4.78, 5) is 21.3. The minimum Gasteiger partial charge on any atom is -0.497 e. The van der Waals surface area contributed by atoms with E-state index in [1.54, 1.807) is 36.3 Å². The molecular formula is C21H22N4O4S. The molecule has 8 nitrogen and oxygen atoms in total. The average Bonchev–Trinajstić information content (AvgIpc) is 3.40. The lowest BCUT2D eigenvalue weighted by Crippen LogP contribution is -2.35. The predicted molar refractivity (Wildman–Crippen MR) is 112 cm³/mol. The molecule has 9 heteroatoms. The fourth-order valence-electron chi connectivity index (χ4n) is 3.59. The number of H-pyrrole nitrogens is 1. The van der Waals surface area contributed by atoms with Gasteiger partial charge in [-0.3, -0.25) is 4.79 Å². The highest BCUT2D eigenvalue weighted by atomic mass is 32.2. The van der Waals surface area contributed by atoms with E-state index in [0.29, 0.717) is 11.3 Å². The molecule has 1 aromatic heterocycles. The van der Waals surface area contributed by atoms with Gasteiger partial charge in [0.1, 0.15) is 5.75 Å². The van der Waals surface area contributed by atoms with Crippen LogP contribution in [-0.2, 0) is 23.0 Å². The third-order valence-corrected chi connectivity index (χ3v) is 6.48. The maximum Gasteiger partial charge on any atom is 0.258 e. The number of imidazole rings is 1. The summed E-state index contributed by atoms with van der Waals surface area (Å²) in [5.41, 5.74) is 3.20. The summed E-state index contributed by atoms with van der Waals surface area (Å²) in [6, 6.07) is 12.7. The van der Waals surface area contributed by atoms with E-state index < -0.39 is 10.0 Å². The number of anilines is 1. The normalized spacial score (nSPS) is 15.8. The van der Waals surface area contributed by atoms with Crippen LogP contribution in [-0.4, -0.2) is 37.4 Å². The number of fused-ring (bicyclic) bond motifs is 1. The Kier molecular flexibility index (Phi) is 5.31. The van der Waals surface area contributed by atoms with E-state index >= 15 is 0 Å². The highest BCUT2D eigenvalue weighted by molar-refractivity contribution is 7.89. The Morgan fingerprint density at radius 2 is 2.03 bits per heavy atom. The van der Waals surface area contributed by atoms with Crippen LogP contribution in [0.4, 0.5) is 5.69 Å². The number of rotatable bonds is 6. The average molecular weight is 426 g/mol. The Bertz CT molecular complexity index is 1160. The molecule has 0 fully saturated rings. The molecule has 1 aliphatic rings. The third-order valence-electron chi connectivity index (χ3n) is 5.15. The van der Waals surface area contributed by atoms with Crippen LogP contribution < -0.4 is 14.4 Å². The molecule has 1 aliphatic heterocycles. The number of amides is 1. The fraction of sp³-hybridized carbons (Fsp3) is 0.238. The molecule has 0 spiro atoms. The van der Waals surface area contributed by atoms with Crippen molar-refractivity contribution in [2.45, 2.75) is 31.0 Å². The summed E-state index contributed by atoms with van der Waals surface area (Å²) in [7, 11) is -2.10. The van der Waals surface area contributed by atoms with Crippen LogP contribution in [0.5, 0.6) is 5.75 Å². The van der Waals surface area contributed by atoms with Crippen molar-refractivity contribution in [3.05, 3.63) is 71.7 Å². The molecule has 1 amide bonds. The number of aromatic amines is 1. The molecule has 4 rings (SSSR count). The summed E-state index contributed by atoms with van der Waals surface area (Å²) >= 11 is 0. The zero-order chi connectivity index (χ0) is 21.3. The zero-order valence-electron chi connectivity index (χ0n) is 16.6. The number of nitrogens with one attached hydrogen (secondary N) is 2. The van der Waals surface area contributed by atoms with Crippen molar-refractivity contribution in [1.82, 2.24) is 14.7 Å². The first-order valence-electron chi connectivity index (χ1n) is 9.46. The van der Waals surface area contributed by atoms with Crippen molar-refractivity contribution >= 4 is 21.6 Å². The van der Waals surface area contributed by atoms with Gasteiger partial charge in [0.2, 0.25) is 0 Å². The van der Waals surface area contributed by atoms with Gasteiger partial charge in [-0.1, -0.05) is 12.1 Å². The number of hydrogen-bond acceptors (Lipinski definition) is 5. The van der Waals surface area contributed by atoms with Crippen LogP contribution in [0, 0.1) is 0 Å². The first kappa shape index (κ1) is 20.1. The number of aromatic nitrogens is 2. The van der Waals surface area contributed by atoms with Gasteiger partial charge in [0.15, 0.2) is 5.03 Å². The number of methoxy groups -OCH3 is 1. The number of carbonyl (C=O) groups is 1. The number of benzene rings is 2. The Balaban J connectivity index is 1.56. The standard InChI is InChI=1S/C21H22N4O4S/c1-14-9-17-4-3-15(11-24-30(27,28)20-12-22-13-23-20)10-19(17)25(14)21(26)16-5-7-18(29-2)8-6-16/h3-8,10,12-14,24H,9,11H2,1-2H3,(H,22,23)/t14-/m0/s1. The third kappa shape index (κ3) is 3.81. The van der Waals surface area contributed by atoms with Crippen LogP contribution in [0.25, 0.3) is 0 Å². The molecule has 30 heavy (non-hydrogen) atoms. The van der Waals surface area contributed by atoms with E-state index in [0.717, 1.165) is 23.2 Å². The molecule has 156 valence electrons. The first-order chi connectivity index (χ1) is 14.4. The minimum atomic E-state index is -3.68. The molecule has 0 radical (unpaired) electrons. The van der Waals surface area contributed by atoms with Crippen molar-refractivity contribution < 1.29 is 17.9 Å². The van der Waals surface area contributed by atoms with Gasteiger partial charge in [-0.05, 0) is 54.8 Å². The molecular weight excluding hydrogens is 404 g/mol. The van der Waals surface area contributed by atoms with Crippen LogP contribution in [0.15, 0.2) is 60.0 Å². The highest BCUT2D eigenvalue weighted by Crippen LogP contribution is 2.34. The van der Waals surface area contributed by atoms with Crippen LogP contribution in [0.2, 0.25) is 0 Å². The molecule has 0 unspecified atom stereocenters. The molecule has 0 aliphatic carbocycles. The Hall–Kier alpha value is -3.17. The van der Waals surface area contributed by atoms with Gasteiger partial charge in [-0.25, -0.2) is 18.1 Å². The lowest BCUT2D eigenvalue weighted by Gasteiger charge is -2.23. The molecule has 2 aromatic carbocycles. The highest BCUT2D eigenvalue weighted by Gasteiger charge is 2.31. The lowest BCUT2D eigenvalue weighted by atomic mass is 10.1. The SMILES string of the molecule is COc1ccc(C(=O)N2c3cc(CNS(=O)(=O)c4cnc[nH]4)ccc3C[C@@H]2C)cc1. The number of carbonyl (C=O) groups excluding carboxylic acids is 1. The smallest absolute Gasteiger partial charge is 0.258 e. The van der Waals surface area contributed by atoms with E-state index in [-0.39, 0.29) is 23.5 Å². The molecule has 2 heterocycles. The molecule has 3 aromatic rings. The molecule has 0 saturated carbocycles. The summed E-state index contributed by atoms with van der Waals surface area (Å²) in [5.74, 6) is 0.590. The van der Waals surface area contributed by atoms with Gasteiger partial charge in [-0.2, -0.15) is 0 Å². The van der Waals surface area contributed by atoms with Crippen LogP contribution >= 0.6 is 0 Å². The second kappa shape index (κ2) is 7.92. The van der Waals surface area contributed by atoms with E-state index in [9.17, 15) is 13.2 Å². The molecule has 1 atom stereocenters. The van der Waals surface area contributed by atoms with Gasteiger partial charge in [0, 0.05) is 23.8 Å². The zero-order valence-corrected chi connectivity index (χ0v) is 17.4. The summed E-state index contributed by atoms with van der Waals surface area (Å²) in [6.07, 6.45) is 3.31. The van der Waals surface area contributed by atoms with E-state index in [1.807, 2.05) is 25.1 Å². The van der Waals surface area contributed by atoms with E-state index in [4.69, 9.17) is 4.74 Å². The quantitative estimate of drug-likeness (QED) is 0.630. The second-order valence-corrected chi connectivity index (χ2v) is 8.90. The summed E-state index contributed by atoms with van der Waals surface area (Å²) < 4.78 is 32.3. The number of ether oxygens (including phenoxy) is 1. The van der Waals surface area contributed by atoms with Gasteiger partial charge in [0.25, 0.3) is 15.9 Å². The van der Waals surface area contributed by atoms with Crippen LogP contribution in [0.1, 0.15) is 28.4 Å². The van der Waals surface area contributed by atoms with Crippen molar-refractivity contribution in [3.63, 3.8) is 0 Å². The number of nitrogens with zero attached hydrogens (tertiary/aromatic N) is 2.